The van der Waals surface area contributed by atoms with E-state index in [-0.39, 0.29) is 18.6 Å². The lowest BCUT2D eigenvalue weighted by Gasteiger charge is -2.33. The summed E-state index contributed by atoms with van der Waals surface area (Å²) in [6.45, 7) is 3.96. The number of benzene rings is 2. The summed E-state index contributed by atoms with van der Waals surface area (Å²) >= 11 is 12.7. The smallest absolute Gasteiger partial charge is 0.246 e. The molecule has 0 unspecified atom stereocenters. The maximum absolute atomic E-state index is 12.1. The summed E-state index contributed by atoms with van der Waals surface area (Å²) in [5.41, 5.74) is 3.05. The molecule has 0 radical (unpaired) electrons. The van der Waals surface area contributed by atoms with Crippen molar-refractivity contribution in [1.29, 1.82) is 0 Å². The molecule has 4 aromatic rings. The van der Waals surface area contributed by atoms with Crippen LogP contribution in [-0.4, -0.2) is 57.8 Å². The number of hydrogen-bond acceptors (Lipinski definition) is 6. The molecule has 10 heteroatoms. The Hall–Kier alpha value is -3.20. The topological polar surface area (TPSA) is 85.2 Å². The van der Waals surface area contributed by atoms with Crippen molar-refractivity contribution in [1.82, 2.24) is 24.8 Å². The molecule has 5 rings (SSSR count). The Kier molecular flexibility index (Phi) is 7.36. The van der Waals surface area contributed by atoms with E-state index >= 15 is 0 Å². The third-order valence-electron chi connectivity index (χ3n) is 6.22. The summed E-state index contributed by atoms with van der Waals surface area (Å²) in [6, 6.07) is 15.3. The number of fused-ring (bicyclic) bond motifs is 1. The molecule has 186 valence electrons. The van der Waals surface area contributed by atoms with Crippen LogP contribution in [0.25, 0.3) is 28.2 Å². The number of anilines is 1. The van der Waals surface area contributed by atoms with Crippen LogP contribution in [0.5, 0.6) is 0 Å². The minimum atomic E-state index is -0.0779. The van der Waals surface area contributed by atoms with Gasteiger partial charge in [0.25, 0.3) is 0 Å². The third kappa shape index (κ3) is 5.02. The summed E-state index contributed by atoms with van der Waals surface area (Å²) < 4.78 is 7.19. The molecule has 1 amide bonds. The molecule has 1 saturated heterocycles. The van der Waals surface area contributed by atoms with Crippen molar-refractivity contribution in [3.8, 4) is 17.1 Å². The molecule has 0 saturated carbocycles. The van der Waals surface area contributed by atoms with Gasteiger partial charge in [0.1, 0.15) is 18.8 Å². The van der Waals surface area contributed by atoms with Crippen LogP contribution in [0, 0.1) is 0 Å². The minimum absolute atomic E-state index is 0.0779. The Morgan fingerprint density at radius 2 is 1.83 bits per heavy atom. The third-order valence-corrected chi connectivity index (χ3v) is 6.80. The quantitative estimate of drug-likeness (QED) is 0.369. The summed E-state index contributed by atoms with van der Waals surface area (Å²) in [7, 11) is 0. The number of piperidine rings is 1. The Bertz CT molecular complexity index is 1370. The molecule has 1 N–H and O–H groups in total. The SMILES string of the molecule is CCOCC(=O)NC1CCN(c2ncnc3c2nc(-c2ccccc2Cl)n3-c2ccc(Cl)cc2)CC1. The highest BCUT2D eigenvalue weighted by atomic mass is 35.5. The molecular formula is C26H26Cl2N6O2. The normalized spacial score (nSPS) is 14.4. The fourth-order valence-electron chi connectivity index (χ4n) is 4.47. The lowest BCUT2D eigenvalue weighted by molar-refractivity contribution is -0.126. The highest BCUT2D eigenvalue weighted by Crippen LogP contribution is 2.35. The van der Waals surface area contributed by atoms with E-state index in [9.17, 15) is 4.79 Å². The molecule has 1 aliphatic rings. The first-order valence-corrected chi connectivity index (χ1v) is 12.7. The largest absolute Gasteiger partial charge is 0.372 e. The molecule has 0 spiro atoms. The number of hydrogen-bond donors (Lipinski definition) is 1. The maximum Gasteiger partial charge on any atom is 0.246 e. The number of nitrogens with zero attached hydrogens (tertiary/aromatic N) is 5. The summed E-state index contributed by atoms with van der Waals surface area (Å²) in [4.78, 5) is 28.5. The number of aromatic nitrogens is 4. The highest BCUT2D eigenvalue weighted by Gasteiger charge is 2.26. The second-order valence-corrected chi connectivity index (χ2v) is 9.41. The van der Waals surface area contributed by atoms with Crippen molar-refractivity contribution in [2.75, 3.05) is 31.2 Å². The number of rotatable bonds is 7. The number of ether oxygens (including phenoxy) is 1. The van der Waals surface area contributed by atoms with Crippen molar-refractivity contribution in [2.24, 2.45) is 0 Å². The fourth-order valence-corrected chi connectivity index (χ4v) is 4.82. The van der Waals surface area contributed by atoms with Gasteiger partial charge in [0.05, 0.1) is 5.02 Å². The van der Waals surface area contributed by atoms with Crippen LogP contribution in [0.4, 0.5) is 5.82 Å². The van der Waals surface area contributed by atoms with Gasteiger partial charge >= 0.3 is 0 Å². The van der Waals surface area contributed by atoms with Crippen molar-refractivity contribution >= 4 is 46.1 Å². The van der Waals surface area contributed by atoms with E-state index in [4.69, 9.17) is 32.9 Å². The predicted molar refractivity (Wildman–Crippen MR) is 142 cm³/mol. The molecule has 1 fully saturated rings. The van der Waals surface area contributed by atoms with Crippen molar-refractivity contribution < 1.29 is 9.53 Å². The zero-order valence-corrected chi connectivity index (χ0v) is 21.3. The highest BCUT2D eigenvalue weighted by molar-refractivity contribution is 6.33. The predicted octanol–water partition coefficient (Wildman–Crippen LogP) is 4.91. The molecule has 36 heavy (non-hydrogen) atoms. The van der Waals surface area contributed by atoms with Crippen LogP contribution < -0.4 is 10.2 Å². The van der Waals surface area contributed by atoms with Gasteiger partial charge in [0.2, 0.25) is 5.91 Å². The van der Waals surface area contributed by atoms with Gasteiger partial charge in [-0.15, -0.1) is 0 Å². The molecule has 0 atom stereocenters. The summed E-state index contributed by atoms with van der Waals surface area (Å²) in [5.74, 6) is 1.36. The monoisotopic (exact) mass is 524 g/mol. The summed E-state index contributed by atoms with van der Waals surface area (Å²) in [5, 5.41) is 4.31. The maximum atomic E-state index is 12.1. The van der Waals surface area contributed by atoms with Crippen molar-refractivity contribution in [3.05, 3.63) is 64.9 Å². The second kappa shape index (κ2) is 10.8. The van der Waals surface area contributed by atoms with E-state index in [2.05, 4.69) is 20.2 Å². The average molecular weight is 525 g/mol. The fraction of sp³-hybridized carbons (Fsp3) is 0.308. The first-order valence-electron chi connectivity index (χ1n) is 11.9. The number of amides is 1. The van der Waals surface area contributed by atoms with Gasteiger partial charge in [-0.1, -0.05) is 35.3 Å². The number of halogens is 2. The van der Waals surface area contributed by atoms with Crippen LogP contribution in [0.15, 0.2) is 54.9 Å². The Morgan fingerprint density at radius 3 is 2.56 bits per heavy atom. The van der Waals surface area contributed by atoms with E-state index in [1.807, 2.05) is 60.0 Å². The molecular weight excluding hydrogens is 499 g/mol. The van der Waals surface area contributed by atoms with Crippen LogP contribution in [0.3, 0.4) is 0 Å². The van der Waals surface area contributed by atoms with E-state index in [1.165, 1.54) is 0 Å². The number of imidazole rings is 1. The van der Waals surface area contributed by atoms with Crippen LogP contribution in [-0.2, 0) is 9.53 Å². The van der Waals surface area contributed by atoms with Gasteiger partial charge in [-0.2, -0.15) is 0 Å². The Balaban J connectivity index is 1.50. The zero-order valence-electron chi connectivity index (χ0n) is 19.8. The van der Waals surface area contributed by atoms with Gasteiger partial charge in [0, 0.05) is 42.0 Å². The van der Waals surface area contributed by atoms with E-state index in [0.29, 0.717) is 33.6 Å². The Morgan fingerprint density at radius 1 is 1.08 bits per heavy atom. The van der Waals surface area contributed by atoms with Crippen molar-refractivity contribution in [3.63, 3.8) is 0 Å². The summed E-state index contributed by atoms with van der Waals surface area (Å²) in [6.07, 6.45) is 3.18. The van der Waals surface area contributed by atoms with E-state index in [1.54, 1.807) is 6.33 Å². The molecule has 0 aliphatic carbocycles. The average Bonchev–Trinajstić information content (AvgIpc) is 3.28. The molecule has 8 nitrogen and oxygen atoms in total. The van der Waals surface area contributed by atoms with Gasteiger partial charge in [-0.05, 0) is 56.2 Å². The van der Waals surface area contributed by atoms with Crippen LogP contribution in [0.2, 0.25) is 10.0 Å². The van der Waals surface area contributed by atoms with Crippen molar-refractivity contribution in [2.45, 2.75) is 25.8 Å². The number of carbonyl (C=O) groups excluding carboxylic acids is 1. The first kappa shape index (κ1) is 24.5. The number of carbonyl (C=O) groups is 1. The molecule has 3 heterocycles. The van der Waals surface area contributed by atoms with E-state index in [0.717, 1.165) is 43.0 Å². The van der Waals surface area contributed by atoms with Gasteiger partial charge < -0.3 is 15.0 Å². The lowest BCUT2D eigenvalue weighted by Crippen LogP contribution is -2.46. The molecule has 1 aliphatic heterocycles. The Labute approximate surface area is 219 Å². The zero-order chi connectivity index (χ0) is 25.1. The standard InChI is InChI=1S/C26H26Cl2N6O2/c1-2-36-15-22(35)31-18-11-13-33(14-12-18)25-23-26(30-16-29-25)34(19-9-7-17(27)8-10-19)24(32-23)20-5-3-4-6-21(20)28/h3-10,16,18H,2,11-15H2,1H3,(H,31,35). The molecule has 2 aromatic carbocycles. The number of nitrogens with one attached hydrogen (secondary N) is 1. The van der Waals surface area contributed by atoms with Gasteiger partial charge in [0.15, 0.2) is 17.0 Å². The van der Waals surface area contributed by atoms with Gasteiger partial charge in [-0.25, -0.2) is 15.0 Å². The van der Waals surface area contributed by atoms with Crippen LogP contribution in [0.1, 0.15) is 19.8 Å². The first-order chi connectivity index (χ1) is 17.5. The van der Waals surface area contributed by atoms with E-state index < -0.39 is 0 Å². The second-order valence-electron chi connectivity index (χ2n) is 8.56. The molecule has 0 bridgehead atoms. The van der Waals surface area contributed by atoms with Crippen LogP contribution >= 0.6 is 23.2 Å². The van der Waals surface area contributed by atoms with Gasteiger partial charge in [-0.3, -0.25) is 9.36 Å². The lowest BCUT2D eigenvalue weighted by atomic mass is 10.0. The minimum Gasteiger partial charge on any atom is -0.372 e. The molecule has 2 aromatic heterocycles.